The Labute approximate surface area is 148 Å². The van der Waals surface area contributed by atoms with Crippen molar-refractivity contribution in [2.75, 3.05) is 0 Å². The zero-order valence-corrected chi connectivity index (χ0v) is 13.8. The number of nitrogens with one attached hydrogen (secondary N) is 2. The van der Waals surface area contributed by atoms with Crippen LogP contribution >= 0.6 is 0 Å². The van der Waals surface area contributed by atoms with E-state index in [1.807, 2.05) is 0 Å². The highest BCUT2D eigenvalue weighted by molar-refractivity contribution is 5.83. The van der Waals surface area contributed by atoms with E-state index in [-0.39, 0.29) is 18.5 Å². The SMILES string of the molecule is O=C(NC1CC1)[C@@H](NCc1cccc(C(F)(F)F)c1)c1ccc(F)cc1. The Morgan fingerprint density at radius 2 is 1.81 bits per heavy atom. The first kappa shape index (κ1) is 18.4. The van der Waals surface area contributed by atoms with Crippen LogP contribution in [0.15, 0.2) is 48.5 Å². The van der Waals surface area contributed by atoms with Crippen molar-refractivity contribution < 1.29 is 22.4 Å². The summed E-state index contributed by atoms with van der Waals surface area (Å²) < 4.78 is 51.6. The molecule has 138 valence electrons. The molecule has 1 aliphatic carbocycles. The minimum Gasteiger partial charge on any atom is -0.352 e. The Hall–Kier alpha value is -2.41. The summed E-state index contributed by atoms with van der Waals surface area (Å²) in [5.41, 5.74) is 0.222. The van der Waals surface area contributed by atoms with Gasteiger partial charge in [-0.3, -0.25) is 10.1 Å². The van der Waals surface area contributed by atoms with E-state index >= 15 is 0 Å². The van der Waals surface area contributed by atoms with Crippen molar-refractivity contribution in [3.8, 4) is 0 Å². The monoisotopic (exact) mass is 366 g/mol. The van der Waals surface area contributed by atoms with Crippen LogP contribution in [-0.2, 0) is 17.5 Å². The van der Waals surface area contributed by atoms with Gasteiger partial charge in [0.15, 0.2) is 0 Å². The van der Waals surface area contributed by atoms with E-state index in [0.29, 0.717) is 11.1 Å². The summed E-state index contributed by atoms with van der Waals surface area (Å²) in [4.78, 5) is 12.5. The normalized spacial score (nSPS) is 15.5. The fourth-order valence-corrected chi connectivity index (χ4v) is 2.61. The molecule has 0 saturated heterocycles. The topological polar surface area (TPSA) is 41.1 Å². The summed E-state index contributed by atoms with van der Waals surface area (Å²) in [7, 11) is 0. The average molecular weight is 366 g/mol. The standard InChI is InChI=1S/C19H18F4N2O/c20-15-6-4-13(5-7-15)17(18(26)25-16-8-9-16)24-11-12-2-1-3-14(10-12)19(21,22)23/h1-7,10,16-17,24H,8-9,11H2,(H,25,26)/t17-/m0/s1. The number of benzene rings is 2. The van der Waals surface area contributed by atoms with Crippen LogP contribution < -0.4 is 10.6 Å². The lowest BCUT2D eigenvalue weighted by Crippen LogP contribution is -2.38. The average Bonchev–Trinajstić information content (AvgIpc) is 3.40. The van der Waals surface area contributed by atoms with E-state index in [4.69, 9.17) is 0 Å². The van der Waals surface area contributed by atoms with Crippen LogP contribution in [0.5, 0.6) is 0 Å². The van der Waals surface area contributed by atoms with Crippen molar-refractivity contribution in [3.63, 3.8) is 0 Å². The zero-order valence-electron chi connectivity index (χ0n) is 13.8. The molecule has 1 aliphatic rings. The maximum Gasteiger partial charge on any atom is 0.416 e. The van der Waals surface area contributed by atoms with Crippen molar-refractivity contribution in [1.82, 2.24) is 10.6 Å². The van der Waals surface area contributed by atoms with Crippen LogP contribution in [0, 0.1) is 5.82 Å². The molecule has 0 spiro atoms. The molecule has 0 heterocycles. The van der Waals surface area contributed by atoms with Crippen molar-refractivity contribution in [2.45, 2.75) is 37.6 Å². The molecule has 1 fully saturated rings. The third-order valence-corrected chi connectivity index (χ3v) is 4.15. The molecule has 0 unspecified atom stereocenters. The van der Waals surface area contributed by atoms with Crippen LogP contribution in [0.1, 0.15) is 35.6 Å². The quantitative estimate of drug-likeness (QED) is 0.760. The zero-order chi connectivity index (χ0) is 18.7. The van der Waals surface area contributed by atoms with Gasteiger partial charge in [-0.2, -0.15) is 13.2 Å². The van der Waals surface area contributed by atoms with Crippen LogP contribution in [0.2, 0.25) is 0 Å². The lowest BCUT2D eigenvalue weighted by Gasteiger charge is -2.19. The van der Waals surface area contributed by atoms with Gasteiger partial charge in [0.05, 0.1) is 5.56 Å². The van der Waals surface area contributed by atoms with E-state index in [0.717, 1.165) is 25.0 Å². The number of carbonyl (C=O) groups is 1. The largest absolute Gasteiger partial charge is 0.416 e. The molecule has 3 nitrogen and oxygen atoms in total. The van der Waals surface area contributed by atoms with Crippen molar-refractivity contribution in [2.24, 2.45) is 0 Å². The second-order valence-corrected chi connectivity index (χ2v) is 6.35. The summed E-state index contributed by atoms with van der Waals surface area (Å²) in [5, 5.41) is 5.85. The van der Waals surface area contributed by atoms with E-state index in [9.17, 15) is 22.4 Å². The Morgan fingerprint density at radius 1 is 1.12 bits per heavy atom. The molecular weight excluding hydrogens is 348 g/mol. The van der Waals surface area contributed by atoms with Gasteiger partial charge < -0.3 is 5.32 Å². The fraction of sp³-hybridized carbons (Fsp3) is 0.316. The number of hydrogen-bond acceptors (Lipinski definition) is 2. The summed E-state index contributed by atoms with van der Waals surface area (Å²) in [6, 6.07) is 9.79. The molecule has 0 aliphatic heterocycles. The van der Waals surface area contributed by atoms with Crippen molar-refractivity contribution in [1.29, 1.82) is 0 Å². The van der Waals surface area contributed by atoms with Gasteiger partial charge in [-0.25, -0.2) is 4.39 Å². The Morgan fingerprint density at radius 3 is 2.42 bits per heavy atom. The van der Waals surface area contributed by atoms with Gasteiger partial charge in [-0.1, -0.05) is 30.3 Å². The molecule has 7 heteroatoms. The van der Waals surface area contributed by atoms with Gasteiger partial charge in [-0.15, -0.1) is 0 Å². The smallest absolute Gasteiger partial charge is 0.352 e. The predicted octanol–water partition coefficient (Wildman–Crippen LogP) is 3.95. The second-order valence-electron chi connectivity index (χ2n) is 6.35. The van der Waals surface area contributed by atoms with E-state index in [1.54, 1.807) is 6.07 Å². The summed E-state index contributed by atoms with van der Waals surface area (Å²) >= 11 is 0. The number of rotatable bonds is 6. The van der Waals surface area contributed by atoms with Gasteiger partial charge in [0.1, 0.15) is 11.9 Å². The highest BCUT2D eigenvalue weighted by Crippen LogP contribution is 2.29. The Kier molecular flexibility index (Phi) is 5.27. The van der Waals surface area contributed by atoms with Crippen LogP contribution in [0.3, 0.4) is 0 Å². The van der Waals surface area contributed by atoms with Gasteiger partial charge in [-0.05, 0) is 42.2 Å². The molecule has 2 aromatic rings. The van der Waals surface area contributed by atoms with Crippen LogP contribution in [0.25, 0.3) is 0 Å². The van der Waals surface area contributed by atoms with Crippen LogP contribution in [-0.4, -0.2) is 11.9 Å². The second kappa shape index (κ2) is 7.45. The third-order valence-electron chi connectivity index (χ3n) is 4.15. The highest BCUT2D eigenvalue weighted by atomic mass is 19.4. The molecule has 3 rings (SSSR count). The third kappa shape index (κ3) is 4.82. The maximum atomic E-state index is 13.2. The summed E-state index contributed by atoms with van der Waals surface area (Å²) in [6.07, 6.45) is -2.60. The van der Waals surface area contributed by atoms with Crippen molar-refractivity contribution >= 4 is 5.91 Å². The van der Waals surface area contributed by atoms with Gasteiger partial charge >= 0.3 is 6.18 Å². The molecule has 0 radical (unpaired) electrons. The lowest BCUT2D eigenvalue weighted by atomic mass is 10.0. The fourth-order valence-electron chi connectivity index (χ4n) is 2.61. The minimum atomic E-state index is -4.42. The maximum absolute atomic E-state index is 13.2. The Bertz CT molecular complexity index is 770. The lowest BCUT2D eigenvalue weighted by molar-refractivity contribution is -0.137. The first-order valence-corrected chi connectivity index (χ1v) is 8.28. The predicted molar refractivity (Wildman–Crippen MR) is 88.6 cm³/mol. The molecule has 0 bridgehead atoms. The number of halogens is 4. The van der Waals surface area contributed by atoms with Gasteiger partial charge in [0, 0.05) is 12.6 Å². The van der Waals surface area contributed by atoms with Gasteiger partial charge in [0.2, 0.25) is 5.91 Å². The molecule has 1 atom stereocenters. The van der Waals surface area contributed by atoms with Gasteiger partial charge in [0.25, 0.3) is 0 Å². The molecule has 2 aromatic carbocycles. The van der Waals surface area contributed by atoms with Crippen molar-refractivity contribution in [3.05, 3.63) is 71.0 Å². The summed E-state index contributed by atoms with van der Waals surface area (Å²) in [6.45, 7) is 0.0735. The van der Waals surface area contributed by atoms with E-state index < -0.39 is 23.6 Å². The molecule has 0 aromatic heterocycles. The molecule has 1 saturated carbocycles. The number of alkyl halides is 3. The molecule has 2 N–H and O–H groups in total. The number of hydrogen-bond donors (Lipinski definition) is 2. The van der Waals surface area contributed by atoms with E-state index in [1.165, 1.54) is 30.3 Å². The first-order valence-electron chi connectivity index (χ1n) is 8.28. The van der Waals surface area contributed by atoms with E-state index in [2.05, 4.69) is 10.6 Å². The number of carbonyl (C=O) groups excluding carboxylic acids is 1. The Balaban J connectivity index is 1.75. The highest BCUT2D eigenvalue weighted by Gasteiger charge is 2.31. The molecular formula is C19H18F4N2O. The van der Waals surface area contributed by atoms with Crippen LogP contribution in [0.4, 0.5) is 17.6 Å². The molecule has 1 amide bonds. The molecule has 26 heavy (non-hydrogen) atoms. The first-order chi connectivity index (χ1) is 12.3. The minimum absolute atomic E-state index is 0.0735. The summed E-state index contributed by atoms with van der Waals surface area (Å²) in [5.74, 6) is -0.695. The number of amides is 1.